The number of thiophene rings is 1. The van der Waals surface area contributed by atoms with E-state index >= 15 is 0 Å². The third-order valence-corrected chi connectivity index (χ3v) is 8.42. The molecular weight excluding hydrogens is 449 g/mol. The summed E-state index contributed by atoms with van der Waals surface area (Å²) in [7, 11) is -3.75. The van der Waals surface area contributed by atoms with Crippen LogP contribution in [0.1, 0.15) is 36.2 Å². The van der Waals surface area contributed by atoms with E-state index in [0.717, 1.165) is 42.1 Å². The third-order valence-electron chi connectivity index (χ3n) is 5.03. The number of halogens is 2. The number of benzene rings is 1. The van der Waals surface area contributed by atoms with Gasteiger partial charge in [0.1, 0.15) is 10.0 Å². The molecule has 164 valence electrons. The number of carbonyl (C=O) groups is 1. The van der Waals surface area contributed by atoms with Crippen molar-refractivity contribution in [3.05, 3.63) is 51.6 Å². The molecule has 0 radical (unpaired) electrons. The quantitative estimate of drug-likeness (QED) is 0.585. The van der Waals surface area contributed by atoms with Crippen molar-refractivity contribution in [1.29, 1.82) is 0 Å². The standard InChI is InChI=1S/C20H25ClFN3O3S2/c1-14(26)23-10-9-15-7-8-19(29-15)30(27,28)24-13-18(25-11-2-3-12-25)20-16(21)5-4-6-17(20)22/h4-8,18,24H,2-3,9-13H2,1H3,(H,23,26). The van der Waals surface area contributed by atoms with Gasteiger partial charge in [0, 0.05) is 35.5 Å². The van der Waals surface area contributed by atoms with Crippen molar-refractivity contribution in [3.8, 4) is 0 Å². The molecule has 1 aliphatic rings. The van der Waals surface area contributed by atoms with Crippen LogP contribution in [-0.4, -0.2) is 45.4 Å². The van der Waals surface area contributed by atoms with Gasteiger partial charge in [-0.05, 0) is 56.6 Å². The third kappa shape index (κ3) is 5.79. The van der Waals surface area contributed by atoms with Crippen LogP contribution in [0.4, 0.5) is 4.39 Å². The van der Waals surface area contributed by atoms with Gasteiger partial charge < -0.3 is 5.32 Å². The Bertz CT molecular complexity index is 971. The van der Waals surface area contributed by atoms with Crippen LogP contribution in [0, 0.1) is 5.82 Å². The summed E-state index contributed by atoms with van der Waals surface area (Å²) in [4.78, 5) is 13.9. The first-order valence-electron chi connectivity index (χ1n) is 9.78. The van der Waals surface area contributed by atoms with Crippen LogP contribution >= 0.6 is 22.9 Å². The van der Waals surface area contributed by atoms with Crippen LogP contribution in [0.15, 0.2) is 34.5 Å². The average molecular weight is 474 g/mol. The van der Waals surface area contributed by atoms with Crippen LogP contribution in [0.25, 0.3) is 0 Å². The first-order chi connectivity index (χ1) is 14.3. The average Bonchev–Trinajstić information content (AvgIpc) is 3.36. The monoisotopic (exact) mass is 473 g/mol. The predicted molar refractivity (Wildman–Crippen MR) is 117 cm³/mol. The van der Waals surface area contributed by atoms with Crippen molar-refractivity contribution in [2.75, 3.05) is 26.2 Å². The second kappa shape index (κ2) is 10.2. The highest BCUT2D eigenvalue weighted by Gasteiger charge is 2.29. The summed E-state index contributed by atoms with van der Waals surface area (Å²) in [6.45, 7) is 3.45. The second-order valence-electron chi connectivity index (χ2n) is 7.20. The summed E-state index contributed by atoms with van der Waals surface area (Å²) in [5.74, 6) is -0.559. The molecule has 2 N–H and O–H groups in total. The van der Waals surface area contributed by atoms with Gasteiger partial charge in [0.25, 0.3) is 0 Å². The summed E-state index contributed by atoms with van der Waals surface area (Å²) in [6.07, 6.45) is 2.52. The van der Waals surface area contributed by atoms with Gasteiger partial charge in [0.2, 0.25) is 15.9 Å². The Kier molecular flexibility index (Phi) is 7.86. The molecular formula is C20H25ClFN3O3S2. The van der Waals surface area contributed by atoms with Crippen LogP contribution in [0.5, 0.6) is 0 Å². The van der Waals surface area contributed by atoms with E-state index in [1.165, 1.54) is 13.0 Å². The molecule has 0 saturated carbocycles. The maximum absolute atomic E-state index is 14.6. The predicted octanol–water partition coefficient (Wildman–Crippen LogP) is 3.33. The topological polar surface area (TPSA) is 78.5 Å². The fraction of sp³-hybridized carbons (Fsp3) is 0.450. The molecule has 0 spiro atoms. The fourth-order valence-electron chi connectivity index (χ4n) is 3.55. The van der Waals surface area contributed by atoms with Crippen molar-refractivity contribution in [2.45, 2.75) is 36.4 Å². The molecule has 1 aliphatic heterocycles. The molecule has 1 unspecified atom stereocenters. The number of amides is 1. The summed E-state index contributed by atoms with van der Waals surface area (Å²) in [5.41, 5.74) is 0.325. The Morgan fingerprint density at radius 2 is 2.00 bits per heavy atom. The minimum atomic E-state index is -3.75. The number of rotatable bonds is 9. The van der Waals surface area contributed by atoms with Gasteiger partial charge in [-0.25, -0.2) is 17.5 Å². The summed E-state index contributed by atoms with van der Waals surface area (Å²) >= 11 is 7.43. The van der Waals surface area contributed by atoms with E-state index in [4.69, 9.17) is 11.6 Å². The molecule has 2 heterocycles. The molecule has 1 saturated heterocycles. The summed E-state index contributed by atoms with van der Waals surface area (Å²) in [5, 5.41) is 2.99. The Morgan fingerprint density at radius 1 is 1.27 bits per heavy atom. The van der Waals surface area contributed by atoms with Gasteiger partial charge >= 0.3 is 0 Å². The molecule has 0 bridgehead atoms. The van der Waals surface area contributed by atoms with Gasteiger partial charge in [0.15, 0.2) is 0 Å². The van der Waals surface area contributed by atoms with Crippen molar-refractivity contribution in [1.82, 2.24) is 14.9 Å². The van der Waals surface area contributed by atoms with Crippen molar-refractivity contribution >= 4 is 38.9 Å². The largest absolute Gasteiger partial charge is 0.356 e. The number of likely N-dealkylation sites (tertiary alicyclic amines) is 1. The molecule has 0 aliphatic carbocycles. The Morgan fingerprint density at radius 3 is 2.67 bits per heavy atom. The smallest absolute Gasteiger partial charge is 0.250 e. The number of hydrogen-bond acceptors (Lipinski definition) is 5. The fourth-order valence-corrected chi connectivity index (χ4v) is 6.28. The molecule has 1 amide bonds. The van der Waals surface area contributed by atoms with E-state index in [2.05, 4.69) is 14.9 Å². The highest BCUT2D eigenvalue weighted by molar-refractivity contribution is 7.91. The lowest BCUT2D eigenvalue weighted by Crippen LogP contribution is -2.37. The molecule has 1 atom stereocenters. The zero-order chi connectivity index (χ0) is 21.7. The lowest BCUT2D eigenvalue weighted by atomic mass is 10.0. The Labute approximate surface area is 185 Å². The first-order valence-corrected chi connectivity index (χ1v) is 12.5. The zero-order valence-corrected chi connectivity index (χ0v) is 19.0. The van der Waals surface area contributed by atoms with Gasteiger partial charge in [0.05, 0.1) is 6.04 Å². The first kappa shape index (κ1) is 23.1. The van der Waals surface area contributed by atoms with E-state index in [1.807, 2.05) is 0 Å². The highest BCUT2D eigenvalue weighted by atomic mass is 35.5. The lowest BCUT2D eigenvalue weighted by molar-refractivity contribution is -0.118. The summed E-state index contributed by atoms with van der Waals surface area (Å²) < 4.78 is 43.1. The van der Waals surface area contributed by atoms with Gasteiger partial charge in [-0.15, -0.1) is 11.3 Å². The number of sulfonamides is 1. The van der Waals surface area contributed by atoms with Crippen molar-refractivity contribution in [2.24, 2.45) is 0 Å². The number of carbonyl (C=O) groups excluding carboxylic acids is 1. The number of nitrogens with one attached hydrogen (secondary N) is 2. The summed E-state index contributed by atoms with van der Waals surface area (Å²) in [6, 6.07) is 7.33. The zero-order valence-electron chi connectivity index (χ0n) is 16.7. The molecule has 30 heavy (non-hydrogen) atoms. The SMILES string of the molecule is CC(=O)NCCc1ccc(S(=O)(=O)NCC(c2c(F)cccc2Cl)N2CCCC2)s1. The Hall–Kier alpha value is -1.52. The number of hydrogen-bond donors (Lipinski definition) is 2. The minimum absolute atomic E-state index is 0.0299. The molecule has 2 aromatic rings. The Balaban J connectivity index is 1.73. The van der Waals surface area contributed by atoms with Gasteiger partial charge in [-0.1, -0.05) is 17.7 Å². The van der Waals surface area contributed by atoms with E-state index in [9.17, 15) is 17.6 Å². The van der Waals surface area contributed by atoms with Crippen LogP contribution < -0.4 is 10.0 Å². The molecule has 3 rings (SSSR count). The molecule has 10 heteroatoms. The molecule has 1 aromatic heterocycles. The van der Waals surface area contributed by atoms with Crippen molar-refractivity contribution < 1.29 is 17.6 Å². The van der Waals surface area contributed by atoms with E-state index in [-0.39, 0.29) is 16.7 Å². The van der Waals surface area contributed by atoms with Crippen LogP contribution in [-0.2, 0) is 21.2 Å². The maximum atomic E-state index is 14.6. The van der Waals surface area contributed by atoms with Crippen LogP contribution in [0.3, 0.4) is 0 Å². The molecule has 1 aromatic carbocycles. The second-order valence-corrected chi connectivity index (χ2v) is 10.8. The van der Waals surface area contributed by atoms with Gasteiger partial charge in [-0.3, -0.25) is 9.69 Å². The molecule has 6 nitrogen and oxygen atoms in total. The minimum Gasteiger partial charge on any atom is -0.356 e. The normalized spacial score (nSPS) is 16.0. The highest BCUT2D eigenvalue weighted by Crippen LogP contribution is 2.32. The van der Waals surface area contributed by atoms with E-state index < -0.39 is 21.9 Å². The van der Waals surface area contributed by atoms with E-state index in [1.54, 1.807) is 24.3 Å². The molecule has 1 fully saturated rings. The van der Waals surface area contributed by atoms with E-state index in [0.29, 0.717) is 23.6 Å². The van der Waals surface area contributed by atoms with Crippen LogP contribution in [0.2, 0.25) is 5.02 Å². The van der Waals surface area contributed by atoms with Crippen molar-refractivity contribution in [3.63, 3.8) is 0 Å². The lowest BCUT2D eigenvalue weighted by Gasteiger charge is -2.29. The number of nitrogens with zero attached hydrogens (tertiary/aromatic N) is 1. The maximum Gasteiger partial charge on any atom is 0.250 e. The van der Waals surface area contributed by atoms with Gasteiger partial charge in [-0.2, -0.15) is 0 Å².